The molecule has 0 spiro atoms. The quantitative estimate of drug-likeness (QED) is 0.689. The van der Waals surface area contributed by atoms with E-state index in [2.05, 4.69) is 46.8 Å². The van der Waals surface area contributed by atoms with E-state index in [0.717, 1.165) is 14.5 Å². The first kappa shape index (κ1) is 13.3. The summed E-state index contributed by atoms with van der Waals surface area (Å²) in [5.41, 5.74) is 2.08. The Labute approximate surface area is 130 Å². The summed E-state index contributed by atoms with van der Waals surface area (Å²) in [6.45, 7) is 0. The third-order valence-electron chi connectivity index (χ3n) is 2.77. The van der Waals surface area contributed by atoms with E-state index in [-0.39, 0.29) is 5.56 Å². The van der Waals surface area contributed by atoms with Crippen molar-refractivity contribution in [2.75, 3.05) is 0 Å². The van der Waals surface area contributed by atoms with E-state index in [1.54, 1.807) is 0 Å². The molecule has 100 valence electrons. The van der Waals surface area contributed by atoms with Crippen LogP contribution in [-0.2, 0) is 0 Å². The fourth-order valence-electron chi connectivity index (χ4n) is 1.83. The zero-order valence-corrected chi connectivity index (χ0v) is 13.1. The molecule has 0 saturated heterocycles. The van der Waals surface area contributed by atoms with Crippen molar-refractivity contribution in [1.29, 1.82) is 0 Å². The number of halogens is 2. The van der Waals surface area contributed by atoms with Gasteiger partial charge in [-0.25, -0.2) is 14.8 Å². The lowest BCUT2D eigenvalue weighted by molar-refractivity contribution is 0.0696. The van der Waals surface area contributed by atoms with Crippen LogP contribution in [-0.4, -0.2) is 26.0 Å². The van der Waals surface area contributed by atoms with Gasteiger partial charge in [-0.05, 0) is 40.2 Å². The highest BCUT2D eigenvalue weighted by Gasteiger charge is 2.12. The van der Waals surface area contributed by atoms with Crippen molar-refractivity contribution in [2.24, 2.45) is 0 Å². The van der Waals surface area contributed by atoms with E-state index in [1.807, 2.05) is 18.2 Å². The summed E-state index contributed by atoms with van der Waals surface area (Å²) >= 11 is 6.86. The van der Waals surface area contributed by atoms with Crippen LogP contribution in [0.25, 0.3) is 22.6 Å². The molecule has 1 aromatic carbocycles. The third-order valence-corrected chi connectivity index (χ3v) is 3.92. The monoisotopic (exact) mass is 395 g/mol. The summed E-state index contributed by atoms with van der Waals surface area (Å²) in [6, 6.07) is 7.25. The smallest absolute Gasteiger partial charge is 0.337 e. The van der Waals surface area contributed by atoms with Crippen LogP contribution >= 0.6 is 31.9 Å². The van der Waals surface area contributed by atoms with Crippen molar-refractivity contribution in [3.8, 4) is 11.4 Å². The molecule has 3 aromatic rings. The molecule has 0 aliphatic carbocycles. The number of carbonyl (C=O) groups is 1. The van der Waals surface area contributed by atoms with Crippen LogP contribution in [0.5, 0.6) is 0 Å². The second-order valence-electron chi connectivity index (χ2n) is 4.11. The first-order valence-corrected chi connectivity index (χ1v) is 7.17. The van der Waals surface area contributed by atoms with Gasteiger partial charge in [0.25, 0.3) is 0 Å². The predicted octanol–water partition coefficient (Wildman–Crippen LogP) is 3.85. The highest BCUT2D eigenvalue weighted by Crippen LogP contribution is 2.30. The Morgan fingerprint density at radius 3 is 2.75 bits per heavy atom. The number of fused-ring (bicyclic) bond motifs is 1. The molecule has 0 radical (unpaired) electrons. The molecule has 0 aliphatic heterocycles. The van der Waals surface area contributed by atoms with E-state index in [1.165, 1.54) is 12.3 Å². The molecule has 0 bridgehead atoms. The Hall–Kier alpha value is -1.73. The molecule has 2 N–H and O–H groups in total. The summed E-state index contributed by atoms with van der Waals surface area (Å²) in [6.07, 6.45) is 1.30. The van der Waals surface area contributed by atoms with Crippen molar-refractivity contribution in [1.82, 2.24) is 15.0 Å². The molecular formula is C13H7Br2N3O2. The molecule has 0 fully saturated rings. The molecule has 0 saturated carbocycles. The Bertz CT molecular complexity index is 830. The maximum Gasteiger partial charge on any atom is 0.337 e. The van der Waals surface area contributed by atoms with Crippen LogP contribution in [0.15, 0.2) is 39.4 Å². The molecule has 0 amide bonds. The van der Waals surface area contributed by atoms with Crippen LogP contribution in [0.3, 0.4) is 0 Å². The van der Waals surface area contributed by atoms with Gasteiger partial charge in [0, 0.05) is 20.7 Å². The summed E-state index contributed by atoms with van der Waals surface area (Å²) < 4.78 is 1.83. The number of nitrogens with one attached hydrogen (secondary N) is 1. The maximum atomic E-state index is 10.9. The van der Waals surface area contributed by atoms with E-state index in [9.17, 15) is 4.79 Å². The first-order valence-electron chi connectivity index (χ1n) is 5.59. The van der Waals surface area contributed by atoms with Crippen molar-refractivity contribution < 1.29 is 9.90 Å². The topological polar surface area (TPSA) is 78.9 Å². The van der Waals surface area contributed by atoms with Gasteiger partial charge in [0.05, 0.1) is 11.1 Å². The number of hydrogen-bond donors (Lipinski definition) is 2. The van der Waals surface area contributed by atoms with Crippen molar-refractivity contribution in [3.63, 3.8) is 0 Å². The average Bonchev–Trinajstić information content (AvgIpc) is 2.80. The van der Waals surface area contributed by atoms with Gasteiger partial charge in [0.15, 0.2) is 5.65 Å². The van der Waals surface area contributed by atoms with E-state index >= 15 is 0 Å². The molecule has 20 heavy (non-hydrogen) atoms. The lowest BCUT2D eigenvalue weighted by Crippen LogP contribution is -1.96. The van der Waals surface area contributed by atoms with Gasteiger partial charge >= 0.3 is 5.97 Å². The first-order chi connectivity index (χ1) is 9.54. The van der Waals surface area contributed by atoms with Crippen LogP contribution < -0.4 is 0 Å². The minimum Gasteiger partial charge on any atom is -0.478 e. The van der Waals surface area contributed by atoms with Gasteiger partial charge in [-0.2, -0.15) is 0 Å². The van der Waals surface area contributed by atoms with Gasteiger partial charge in [-0.15, -0.1) is 0 Å². The largest absolute Gasteiger partial charge is 0.478 e. The Morgan fingerprint density at radius 1 is 1.25 bits per heavy atom. The normalized spacial score (nSPS) is 10.9. The zero-order chi connectivity index (χ0) is 14.3. The van der Waals surface area contributed by atoms with Crippen LogP contribution in [0, 0.1) is 0 Å². The number of rotatable bonds is 2. The second kappa shape index (κ2) is 4.99. The van der Waals surface area contributed by atoms with Gasteiger partial charge < -0.3 is 10.1 Å². The molecule has 0 unspecified atom stereocenters. The van der Waals surface area contributed by atoms with Crippen LogP contribution in [0.1, 0.15) is 10.4 Å². The van der Waals surface area contributed by atoms with Crippen LogP contribution in [0.2, 0.25) is 0 Å². The number of aromatic carboxylic acids is 1. The zero-order valence-electron chi connectivity index (χ0n) is 9.89. The van der Waals surface area contributed by atoms with Crippen molar-refractivity contribution in [2.45, 2.75) is 0 Å². The highest BCUT2D eigenvalue weighted by atomic mass is 79.9. The molecule has 3 rings (SSSR count). The van der Waals surface area contributed by atoms with Crippen molar-refractivity contribution in [3.05, 3.63) is 45.0 Å². The molecule has 0 aliphatic rings. The summed E-state index contributed by atoms with van der Waals surface area (Å²) in [4.78, 5) is 22.4. The molecule has 7 heteroatoms. The Balaban J connectivity index is 2.15. The minimum atomic E-state index is -1.01. The lowest BCUT2D eigenvalue weighted by atomic mass is 10.2. The lowest BCUT2D eigenvalue weighted by Gasteiger charge is -2.00. The number of nitrogens with zero attached hydrogens (tertiary/aromatic N) is 2. The van der Waals surface area contributed by atoms with Gasteiger partial charge in [0.2, 0.25) is 0 Å². The minimum absolute atomic E-state index is 0.127. The second-order valence-corrected chi connectivity index (χ2v) is 5.88. The number of aromatic nitrogens is 3. The SMILES string of the molecule is O=C(O)c1cnc2nc(-c3ccc(Br)cc3Br)[nH]c2c1. The predicted molar refractivity (Wildman–Crippen MR) is 81.7 cm³/mol. The number of aromatic amines is 1. The number of imidazole rings is 1. The third kappa shape index (κ3) is 2.34. The van der Waals surface area contributed by atoms with Gasteiger partial charge in [0.1, 0.15) is 5.82 Å². The number of benzene rings is 1. The van der Waals surface area contributed by atoms with Gasteiger partial charge in [-0.1, -0.05) is 15.9 Å². The maximum absolute atomic E-state index is 10.9. The molecule has 0 atom stereocenters. The standard InChI is InChI=1S/C13H7Br2N3O2/c14-7-1-2-8(9(15)4-7)11-17-10-3-6(13(19)20)5-16-12(10)18-11/h1-5H,(H,19,20)(H,16,17,18). The molecular weight excluding hydrogens is 390 g/mol. The molecule has 2 aromatic heterocycles. The number of hydrogen-bond acceptors (Lipinski definition) is 3. The van der Waals surface area contributed by atoms with Crippen LogP contribution in [0.4, 0.5) is 0 Å². The number of H-pyrrole nitrogens is 1. The van der Waals surface area contributed by atoms with E-state index in [0.29, 0.717) is 17.0 Å². The Morgan fingerprint density at radius 2 is 2.05 bits per heavy atom. The summed E-state index contributed by atoms with van der Waals surface area (Å²) in [5, 5.41) is 8.96. The Kier molecular flexibility index (Phi) is 3.31. The highest BCUT2D eigenvalue weighted by molar-refractivity contribution is 9.11. The molecule has 2 heterocycles. The fraction of sp³-hybridized carbons (Fsp3) is 0. The van der Waals surface area contributed by atoms with Gasteiger partial charge in [-0.3, -0.25) is 0 Å². The number of carboxylic acids is 1. The number of pyridine rings is 1. The van der Waals surface area contributed by atoms with Crippen molar-refractivity contribution >= 4 is 49.0 Å². The molecule has 5 nitrogen and oxygen atoms in total. The van der Waals surface area contributed by atoms with E-state index in [4.69, 9.17) is 5.11 Å². The number of carboxylic acid groups (broad SMARTS) is 1. The summed E-state index contributed by atoms with van der Waals surface area (Å²) in [5.74, 6) is -0.380. The summed E-state index contributed by atoms with van der Waals surface area (Å²) in [7, 11) is 0. The van der Waals surface area contributed by atoms with E-state index < -0.39 is 5.97 Å². The average molecular weight is 397 g/mol. The fourth-order valence-corrected chi connectivity index (χ4v) is 3.06.